The number of fused-ring (bicyclic) bond motifs is 1. The molecule has 3 atom stereocenters. The van der Waals surface area contributed by atoms with Crippen molar-refractivity contribution in [2.75, 3.05) is 37.0 Å². The average molecular weight is 1060 g/mol. The van der Waals surface area contributed by atoms with Gasteiger partial charge in [-0.3, -0.25) is 39.0 Å². The monoisotopic (exact) mass is 1050 g/mol. The second-order valence-electron chi connectivity index (χ2n) is 19.4. The first-order chi connectivity index (χ1) is 37.2. The van der Waals surface area contributed by atoms with Gasteiger partial charge in [-0.05, 0) is 123 Å². The number of carbonyl (C=O) groups excluding carboxylic acids is 5. The Morgan fingerprint density at radius 1 is 0.844 bits per heavy atom. The fourth-order valence-electron chi connectivity index (χ4n) is 9.86. The molecule has 8 rings (SSSR count). The number of para-hydroxylation sites is 1. The molecule has 20 heteroatoms. The van der Waals surface area contributed by atoms with E-state index in [0.29, 0.717) is 90.1 Å². The number of hydrogen-bond donors (Lipinski definition) is 6. The Morgan fingerprint density at radius 2 is 1.62 bits per heavy atom. The number of aliphatic hydroxyl groups excluding tert-OH is 2. The number of aryl methyl sites for hydroxylation is 1. The number of carboxylic acid groups (broad SMARTS) is 1. The summed E-state index contributed by atoms with van der Waals surface area (Å²) in [5.74, 6) is -3.87. The zero-order valence-corrected chi connectivity index (χ0v) is 43.0. The number of benzene rings is 4. The van der Waals surface area contributed by atoms with Crippen LogP contribution in [-0.2, 0) is 38.6 Å². The number of piperidine rings is 1. The van der Waals surface area contributed by atoms with Crippen LogP contribution in [0.15, 0.2) is 103 Å². The van der Waals surface area contributed by atoms with Crippen LogP contribution >= 0.6 is 0 Å². The van der Waals surface area contributed by atoms with Crippen molar-refractivity contribution in [3.8, 4) is 28.1 Å². The minimum Gasteiger partial charge on any atom is -0.494 e. The number of unbranched alkanes of at least 4 members (excludes halogenated alkanes) is 2. The summed E-state index contributed by atoms with van der Waals surface area (Å²) in [5, 5.41) is 47.5. The van der Waals surface area contributed by atoms with E-state index in [2.05, 4.69) is 26.3 Å². The van der Waals surface area contributed by atoms with Gasteiger partial charge in [-0.15, -0.1) is 5.10 Å². The van der Waals surface area contributed by atoms with E-state index in [-0.39, 0.29) is 55.2 Å². The van der Waals surface area contributed by atoms with Crippen LogP contribution in [-0.4, -0.2) is 120 Å². The molecule has 6 N–H and O–H groups in total. The standard InChI is InChI=1S/C57H63FN8O11/c1-35(2)52-51(55(73)60-39-12-5-3-6-13-39)49(53(36-18-20-38(58)21-19-36)65(52)26-24-41(67)32-42(68)33-48(70)71)37-11-9-15-43(31-37)77-28-8-4-7-14-40-34-64(63-62-40)27-30-76-29-25-59-45-17-10-16-44-50(45)57(75)66(56(44)74)46-22-23-47(69)61-54(46)72/h3,5-6,9-13,15-21,31,34-35,41-42,46,59,67-68H,4,7-8,14,22-30,32-33H2,1-2H3,(H,60,73)(H,70,71)(H,61,69,72)/t41-,42-,46?/m1/s1. The molecule has 0 saturated carbocycles. The van der Waals surface area contributed by atoms with Crippen molar-refractivity contribution in [2.45, 2.75) is 109 Å². The lowest BCUT2D eigenvalue weighted by Crippen LogP contribution is -2.54. The summed E-state index contributed by atoms with van der Waals surface area (Å²) < 4.78 is 30.3. The van der Waals surface area contributed by atoms with Gasteiger partial charge in [0.15, 0.2) is 0 Å². The molecule has 0 spiro atoms. The predicted octanol–water partition coefficient (Wildman–Crippen LogP) is 7.23. The lowest BCUT2D eigenvalue weighted by molar-refractivity contribution is -0.140. The fourth-order valence-corrected chi connectivity index (χ4v) is 9.86. The summed E-state index contributed by atoms with van der Waals surface area (Å²) in [4.78, 5) is 77.5. The molecular weight excluding hydrogens is 992 g/mol. The van der Waals surface area contributed by atoms with E-state index in [1.165, 1.54) is 12.1 Å². The number of ether oxygens (including phenoxy) is 2. The molecule has 1 fully saturated rings. The average Bonchev–Trinajstić information content (AvgIpc) is 4.08. The number of imide groups is 2. The third-order valence-electron chi connectivity index (χ3n) is 13.4. The molecule has 19 nitrogen and oxygen atoms in total. The zero-order chi connectivity index (χ0) is 54.6. The minimum atomic E-state index is -1.25. The van der Waals surface area contributed by atoms with Crippen molar-refractivity contribution in [1.29, 1.82) is 0 Å². The Labute approximate surface area is 444 Å². The smallest absolute Gasteiger partial charge is 0.305 e. The normalized spacial score (nSPS) is 15.1. The van der Waals surface area contributed by atoms with E-state index in [1.807, 2.05) is 67.1 Å². The number of aromatic nitrogens is 4. The summed E-state index contributed by atoms with van der Waals surface area (Å²) in [5.41, 5.74) is 5.84. The van der Waals surface area contributed by atoms with Crippen LogP contribution in [0.5, 0.6) is 5.75 Å². The van der Waals surface area contributed by atoms with E-state index >= 15 is 0 Å². The van der Waals surface area contributed by atoms with Crippen LogP contribution in [0.3, 0.4) is 0 Å². The van der Waals surface area contributed by atoms with Crippen LogP contribution in [0.1, 0.15) is 114 Å². The molecule has 1 saturated heterocycles. The molecular formula is C57H63FN8O11. The summed E-state index contributed by atoms with van der Waals surface area (Å²) in [6.07, 6.45) is 2.31. The zero-order valence-electron chi connectivity index (χ0n) is 43.0. The topological polar surface area (TPSA) is 257 Å². The summed E-state index contributed by atoms with van der Waals surface area (Å²) >= 11 is 0. The van der Waals surface area contributed by atoms with Gasteiger partial charge < -0.3 is 40.0 Å². The lowest BCUT2D eigenvalue weighted by Gasteiger charge is -2.27. The minimum absolute atomic E-state index is 0.0396. The molecule has 4 aromatic carbocycles. The maximum atomic E-state index is 14.6. The van der Waals surface area contributed by atoms with Gasteiger partial charge in [0.1, 0.15) is 17.6 Å². The number of carbonyl (C=O) groups is 6. The molecule has 5 amide bonds. The maximum absolute atomic E-state index is 14.6. The lowest BCUT2D eigenvalue weighted by atomic mass is 9.94. The van der Waals surface area contributed by atoms with Gasteiger partial charge in [-0.25, -0.2) is 9.07 Å². The Bertz CT molecular complexity index is 3090. The number of rotatable bonds is 27. The predicted molar refractivity (Wildman–Crippen MR) is 283 cm³/mol. The SMILES string of the molecule is CC(C)c1c(C(=O)Nc2ccccc2)c(-c2cccc(OCCCCCc3cn(CCOCCNc4cccc5c4C(=O)N(C4CCC(=O)NC4=O)C5=O)nn3)c2)c(-c2ccc(F)cc2)n1CC[C@@H](O)C[C@@H](O)CC(=O)O. The number of amides is 5. The molecule has 4 heterocycles. The van der Waals surface area contributed by atoms with Crippen molar-refractivity contribution in [2.24, 2.45) is 0 Å². The van der Waals surface area contributed by atoms with Crippen LogP contribution < -0.4 is 20.7 Å². The van der Waals surface area contributed by atoms with Crippen LogP contribution in [0.4, 0.5) is 15.8 Å². The highest BCUT2D eigenvalue weighted by Crippen LogP contribution is 2.44. The molecule has 2 aliphatic heterocycles. The van der Waals surface area contributed by atoms with Crippen molar-refractivity contribution in [1.82, 2.24) is 29.8 Å². The van der Waals surface area contributed by atoms with E-state index in [4.69, 9.17) is 9.47 Å². The molecule has 2 aliphatic rings. The van der Waals surface area contributed by atoms with E-state index in [9.17, 15) is 48.5 Å². The van der Waals surface area contributed by atoms with Crippen LogP contribution in [0.25, 0.3) is 22.4 Å². The van der Waals surface area contributed by atoms with Crippen LogP contribution in [0.2, 0.25) is 0 Å². The number of carboxylic acids is 1. The largest absolute Gasteiger partial charge is 0.494 e. The molecule has 0 bridgehead atoms. The third-order valence-corrected chi connectivity index (χ3v) is 13.4. The van der Waals surface area contributed by atoms with Gasteiger partial charge in [0.25, 0.3) is 17.7 Å². The Morgan fingerprint density at radius 3 is 2.38 bits per heavy atom. The second-order valence-corrected chi connectivity index (χ2v) is 19.4. The summed E-state index contributed by atoms with van der Waals surface area (Å²) in [7, 11) is 0. The summed E-state index contributed by atoms with van der Waals surface area (Å²) in [6.45, 7) is 6.00. The highest BCUT2D eigenvalue weighted by atomic mass is 19.1. The molecule has 0 aliphatic carbocycles. The molecule has 1 unspecified atom stereocenters. The number of hydrogen-bond acceptors (Lipinski definition) is 13. The highest BCUT2D eigenvalue weighted by molar-refractivity contribution is 6.25. The summed E-state index contributed by atoms with van der Waals surface area (Å²) in [6, 6.07) is 26.4. The molecule has 404 valence electrons. The number of aliphatic hydroxyl groups is 2. The van der Waals surface area contributed by atoms with Crippen molar-refractivity contribution >= 4 is 46.9 Å². The van der Waals surface area contributed by atoms with Gasteiger partial charge in [0.05, 0.1) is 73.1 Å². The maximum Gasteiger partial charge on any atom is 0.305 e. The highest BCUT2D eigenvalue weighted by Gasteiger charge is 2.45. The molecule has 0 radical (unpaired) electrons. The second kappa shape index (κ2) is 25.6. The Balaban J connectivity index is 0.855. The van der Waals surface area contributed by atoms with E-state index in [1.54, 1.807) is 47.1 Å². The van der Waals surface area contributed by atoms with Crippen molar-refractivity contribution in [3.05, 3.63) is 137 Å². The van der Waals surface area contributed by atoms with Gasteiger partial charge >= 0.3 is 5.97 Å². The van der Waals surface area contributed by atoms with Gasteiger partial charge in [0, 0.05) is 48.3 Å². The van der Waals surface area contributed by atoms with Gasteiger partial charge in [0.2, 0.25) is 11.8 Å². The Kier molecular flexibility index (Phi) is 18.4. The van der Waals surface area contributed by atoms with Crippen molar-refractivity contribution in [3.63, 3.8) is 0 Å². The molecule has 2 aromatic heterocycles. The van der Waals surface area contributed by atoms with Gasteiger partial charge in [-0.1, -0.05) is 55.5 Å². The molecule has 77 heavy (non-hydrogen) atoms. The van der Waals surface area contributed by atoms with E-state index in [0.717, 1.165) is 29.9 Å². The first-order valence-electron chi connectivity index (χ1n) is 25.9. The van der Waals surface area contributed by atoms with Gasteiger partial charge in [-0.2, -0.15) is 0 Å². The van der Waals surface area contributed by atoms with Crippen LogP contribution in [0, 0.1) is 5.82 Å². The van der Waals surface area contributed by atoms with Crippen molar-refractivity contribution < 1.29 is 58.0 Å². The first kappa shape index (κ1) is 55.2. The number of nitrogens with one attached hydrogen (secondary N) is 3. The Hall–Kier alpha value is -8.07. The quantitative estimate of drug-likeness (QED) is 0.0220. The number of nitrogens with zero attached hydrogens (tertiary/aromatic N) is 5. The number of aliphatic carboxylic acids is 1. The number of halogens is 1. The first-order valence-corrected chi connectivity index (χ1v) is 25.9. The molecule has 6 aromatic rings. The van der Waals surface area contributed by atoms with E-state index < -0.39 is 60.1 Å². The third kappa shape index (κ3) is 13.7. The fraction of sp³-hybridized carbons (Fsp3) is 0.368. The number of anilines is 2.